The Bertz CT molecular complexity index is 717. The predicted octanol–water partition coefficient (Wildman–Crippen LogP) is 3.00. The van der Waals surface area contributed by atoms with Gasteiger partial charge in [-0.05, 0) is 12.3 Å². The molecule has 128 valence electrons. The smallest absolute Gasteiger partial charge is 0.245 e. The van der Waals surface area contributed by atoms with Gasteiger partial charge >= 0.3 is 0 Å². The van der Waals surface area contributed by atoms with Crippen LogP contribution in [0.4, 0.5) is 5.13 Å². The fourth-order valence-corrected chi connectivity index (χ4v) is 2.74. The van der Waals surface area contributed by atoms with Crippen LogP contribution in [0.1, 0.15) is 32.8 Å². The molecule has 24 heavy (non-hydrogen) atoms. The SMILES string of the molecule is Cc1ccc(-c2nnc(NC(=O)CNC(=O)CC(C)(C)C)s2)cc1. The van der Waals surface area contributed by atoms with E-state index in [1.54, 1.807) is 0 Å². The van der Waals surface area contributed by atoms with Crippen molar-refractivity contribution in [3.05, 3.63) is 29.8 Å². The molecule has 2 rings (SSSR count). The second-order valence-electron chi connectivity index (χ2n) is 6.84. The van der Waals surface area contributed by atoms with Gasteiger partial charge in [-0.25, -0.2) is 0 Å². The second kappa shape index (κ2) is 7.53. The van der Waals surface area contributed by atoms with Gasteiger partial charge in [0.25, 0.3) is 0 Å². The molecule has 1 aromatic carbocycles. The topological polar surface area (TPSA) is 84.0 Å². The molecule has 0 aliphatic heterocycles. The average molecular weight is 346 g/mol. The summed E-state index contributed by atoms with van der Waals surface area (Å²) in [7, 11) is 0. The lowest BCUT2D eigenvalue weighted by Gasteiger charge is -2.16. The molecule has 0 atom stereocenters. The maximum Gasteiger partial charge on any atom is 0.245 e. The Kier molecular flexibility index (Phi) is 5.66. The number of nitrogens with zero attached hydrogens (tertiary/aromatic N) is 2. The van der Waals surface area contributed by atoms with Crippen molar-refractivity contribution in [2.24, 2.45) is 5.41 Å². The Morgan fingerprint density at radius 2 is 1.75 bits per heavy atom. The summed E-state index contributed by atoms with van der Waals surface area (Å²) in [6.07, 6.45) is 0.372. The molecular weight excluding hydrogens is 324 g/mol. The third-order valence-corrected chi connectivity index (χ3v) is 3.99. The summed E-state index contributed by atoms with van der Waals surface area (Å²) >= 11 is 1.30. The molecule has 0 saturated carbocycles. The van der Waals surface area contributed by atoms with Gasteiger partial charge in [-0.3, -0.25) is 14.9 Å². The van der Waals surface area contributed by atoms with Gasteiger partial charge < -0.3 is 5.32 Å². The van der Waals surface area contributed by atoms with Crippen LogP contribution in [-0.2, 0) is 9.59 Å². The van der Waals surface area contributed by atoms with Gasteiger partial charge in [0, 0.05) is 12.0 Å². The molecule has 2 aromatic rings. The number of carbonyl (C=O) groups excluding carboxylic acids is 2. The highest BCUT2D eigenvalue weighted by atomic mass is 32.1. The number of hydrogen-bond acceptors (Lipinski definition) is 5. The van der Waals surface area contributed by atoms with Crippen molar-refractivity contribution in [3.63, 3.8) is 0 Å². The molecule has 0 unspecified atom stereocenters. The fraction of sp³-hybridized carbons (Fsp3) is 0.412. The van der Waals surface area contributed by atoms with Crippen molar-refractivity contribution in [2.45, 2.75) is 34.1 Å². The number of nitrogens with one attached hydrogen (secondary N) is 2. The van der Waals surface area contributed by atoms with Crippen LogP contribution in [0.3, 0.4) is 0 Å². The molecule has 0 bridgehead atoms. The van der Waals surface area contributed by atoms with E-state index in [0.717, 1.165) is 10.6 Å². The van der Waals surface area contributed by atoms with Crippen LogP contribution < -0.4 is 10.6 Å². The quantitative estimate of drug-likeness (QED) is 0.872. The van der Waals surface area contributed by atoms with Crippen molar-refractivity contribution in [2.75, 3.05) is 11.9 Å². The van der Waals surface area contributed by atoms with Crippen LogP contribution in [0, 0.1) is 12.3 Å². The monoisotopic (exact) mass is 346 g/mol. The first-order valence-corrected chi connectivity index (χ1v) is 8.52. The van der Waals surface area contributed by atoms with Crippen molar-refractivity contribution in [1.82, 2.24) is 15.5 Å². The molecule has 6 nitrogen and oxygen atoms in total. The van der Waals surface area contributed by atoms with Crippen LogP contribution in [0.15, 0.2) is 24.3 Å². The fourth-order valence-electron chi connectivity index (χ4n) is 1.97. The Morgan fingerprint density at radius 1 is 1.08 bits per heavy atom. The van der Waals surface area contributed by atoms with Crippen molar-refractivity contribution < 1.29 is 9.59 Å². The number of benzene rings is 1. The minimum absolute atomic E-state index is 0.0750. The van der Waals surface area contributed by atoms with Gasteiger partial charge in [0.2, 0.25) is 16.9 Å². The van der Waals surface area contributed by atoms with Gasteiger partial charge in [-0.2, -0.15) is 0 Å². The maximum atomic E-state index is 11.9. The summed E-state index contributed by atoms with van der Waals surface area (Å²) in [5.41, 5.74) is 2.02. The van der Waals surface area contributed by atoms with Crippen LogP contribution in [0.2, 0.25) is 0 Å². The van der Waals surface area contributed by atoms with Gasteiger partial charge in [-0.1, -0.05) is 61.9 Å². The first-order valence-electron chi connectivity index (χ1n) is 7.70. The lowest BCUT2D eigenvalue weighted by atomic mass is 9.92. The summed E-state index contributed by atoms with van der Waals surface area (Å²) in [6, 6.07) is 7.93. The Balaban J connectivity index is 1.87. The maximum absolute atomic E-state index is 11.9. The van der Waals surface area contributed by atoms with Crippen LogP contribution in [0.5, 0.6) is 0 Å². The van der Waals surface area contributed by atoms with E-state index in [9.17, 15) is 9.59 Å². The molecule has 1 heterocycles. The third kappa shape index (κ3) is 5.73. The zero-order valence-corrected chi connectivity index (χ0v) is 15.2. The lowest BCUT2D eigenvalue weighted by Crippen LogP contribution is -2.34. The number of hydrogen-bond donors (Lipinski definition) is 2. The molecule has 0 spiro atoms. The van der Waals surface area contributed by atoms with Crippen LogP contribution in [-0.4, -0.2) is 28.6 Å². The first-order chi connectivity index (χ1) is 11.2. The highest BCUT2D eigenvalue weighted by Crippen LogP contribution is 2.26. The molecule has 2 amide bonds. The first kappa shape index (κ1) is 18.1. The minimum atomic E-state index is -0.316. The summed E-state index contributed by atoms with van der Waals surface area (Å²) in [6.45, 7) is 7.86. The van der Waals surface area contributed by atoms with Crippen LogP contribution >= 0.6 is 11.3 Å². The number of aryl methyl sites for hydroxylation is 1. The largest absolute Gasteiger partial charge is 0.347 e. The molecule has 1 aromatic heterocycles. The van der Waals surface area contributed by atoms with Gasteiger partial charge in [0.15, 0.2) is 0 Å². The molecule has 0 aliphatic carbocycles. The second-order valence-corrected chi connectivity index (χ2v) is 7.82. The van der Waals surface area contributed by atoms with E-state index in [0.29, 0.717) is 11.6 Å². The molecule has 7 heteroatoms. The number of anilines is 1. The number of aromatic nitrogens is 2. The Hall–Kier alpha value is -2.28. The van der Waals surface area contributed by atoms with E-state index in [-0.39, 0.29) is 23.8 Å². The minimum Gasteiger partial charge on any atom is -0.347 e. The van der Waals surface area contributed by atoms with E-state index < -0.39 is 0 Å². The molecular formula is C17H22N4O2S. The third-order valence-electron chi connectivity index (χ3n) is 3.11. The standard InChI is InChI=1S/C17H22N4O2S/c1-11-5-7-12(8-6-11)15-20-21-16(24-15)19-14(23)10-18-13(22)9-17(2,3)4/h5-8H,9-10H2,1-4H3,(H,18,22)(H,19,21,23). The van der Waals surface area contributed by atoms with Crippen molar-refractivity contribution in [1.29, 1.82) is 0 Å². The van der Waals surface area contributed by atoms with E-state index in [4.69, 9.17) is 0 Å². The van der Waals surface area contributed by atoms with Crippen LogP contribution in [0.25, 0.3) is 10.6 Å². The van der Waals surface area contributed by atoms with Crippen molar-refractivity contribution >= 4 is 28.3 Å². The van der Waals surface area contributed by atoms with E-state index in [1.807, 2.05) is 52.0 Å². The molecule has 0 aliphatic rings. The number of rotatable bonds is 5. The van der Waals surface area contributed by atoms with E-state index >= 15 is 0 Å². The molecule has 0 radical (unpaired) electrons. The van der Waals surface area contributed by atoms with Crippen molar-refractivity contribution in [3.8, 4) is 10.6 Å². The zero-order valence-electron chi connectivity index (χ0n) is 14.3. The van der Waals surface area contributed by atoms with Gasteiger partial charge in [0.05, 0.1) is 6.54 Å². The van der Waals surface area contributed by atoms with E-state index in [2.05, 4.69) is 20.8 Å². The highest BCUT2D eigenvalue weighted by Gasteiger charge is 2.16. The predicted molar refractivity (Wildman–Crippen MR) is 95.8 cm³/mol. The van der Waals surface area contributed by atoms with Gasteiger partial charge in [-0.15, -0.1) is 10.2 Å². The average Bonchev–Trinajstić information content (AvgIpc) is 2.92. The molecule has 0 saturated heterocycles. The van der Waals surface area contributed by atoms with E-state index in [1.165, 1.54) is 16.9 Å². The Morgan fingerprint density at radius 3 is 2.38 bits per heavy atom. The summed E-state index contributed by atoms with van der Waals surface area (Å²) in [5.74, 6) is -0.459. The lowest BCUT2D eigenvalue weighted by molar-refractivity contribution is -0.125. The summed E-state index contributed by atoms with van der Waals surface area (Å²) in [4.78, 5) is 23.6. The molecule has 2 N–H and O–H groups in total. The summed E-state index contributed by atoms with van der Waals surface area (Å²) in [5, 5.41) is 14.5. The normalized spacial score (nSPS) is 11.2. The highest BCUT2D eigenvalue weighted by molar-refractivity contribution is 7.18. The number of carbonyl (C=O) groups is 2. The summed E-state index contributed by atoms with van der Waals surface area (Å²) < 4.78 is 0. The zero-order chi connectivity index (χ0) is 17.7. The molecule has 0 fully saturated rings. The number of amides is 2. The Labute approximate surface area is 145 Å². The van der Waals surface area contributed by atoms with Gasteiger partial charge in [0.1, 0.15) is 5.01 Å².